The number of nitrogens with zero attached hydrogens (tertiary/aromatic N) is 1. The summed E-state index contributed by atoms with van der Waals surface area (Å²) < 4.78 is 43.2. The first-order valence-corrected chi connectivity index (χ1v) is 5.91. The van der Waals surface area contributed by atoms with Gasteiger partial charge in [-0.2, -0.15) is 5.26 Å². The minimum Gasteiger partial charge on any atom is -0.489 e. The minimum absolute atomic E-state index is 0. The number of nitriles is 1. The predicted octanol–water partition coefficient (Wildman–Crippen LogP) is 0.196. The van der Waals surface area contributed by atoms with Crippen LogP contribution in [-0.4, -0.2) is 6.98 Å². The third kappa shape index (κ3) is 5.17. The summed E-state index contributed by atoms with van der Waals surface area (Å²) in [6.07, 6.45) is 0. The Morgan fingerprint density at radius 3 is 2.43 bits per heavy atom. The van der Waals surface area contributed by atoms with Gasteiger partial charge in [-0.25, -0.2) is 0 Å². The van der Waals surface area contributed by atoms with E-state index in [2.05, 4.69) is 0 Å². The second kappa shape index (κ2) is 8.01. The van der Waals surface area contributed by atoms with Gasteiger partial charge >= 0.3 is 58.4 Å². The Labute approximate surface area is 163 Å². The fourth-order valence-corrected chi connectivity index (χ4v) is 1.72. The van der Waals surface area contributed by atoms with Gasteiger partial charge in [-0.05, 0) is 18.2 Å². The number of halogens is 3. The van der Waals surface area contributed by atoms with Crippen molar-refractivity contribution < 1.29 is 69.1 Å². The van der Waals surface area contributed by atoms with Crippen LogP contribution in [0.25, 0.3) is 0 Å². The summed E-state index contributed by atoms with van der Waals surface area (Å²) in [5, 5.41) is 8.91. The molecule has 0 saturated heterocycles. The number of hydrogen-bond acceptors (Lipinski definition) is 2. The Morgan fingerprint density at radius 1 is 1.05 bits per heavy atom. The third-order valence-electron chi connectivity index (χ3n) is 2.77. The van der Waals surface area contributed by atoms with Crippen molar-refractivity contribution in [3.8, 4) is 11.8 Å². The maximum atomic E-state index is 12.6. The van der Waals surface area contributed by atoms with Crippen LogP contribution in [0.15, 0.2) is 48.5 Å². The van der Waals surface area contributed by atoms with Crippen molar-refractivity contribution >= 4 is 12.4 Å². The van der Waals surface area contributed by atoms with Gasteiger partial charge in [-0.15, -0.1) is 5.46 Å². The first-order chi connectivity index (χ1) is 9.50. The van der Waals surface area contributed by atoms with Crippen LogP contribution in [0.5, 0.6) is 5.75 Å². The number of benzene rings is 2. The first kappa shape index (κ1) is 18.3. The summed E-state index contributed by atoms with van der Waals surface area (Å²) in [5.41, 5.74) is 0.387. The smallest absolute Gasteiger partial charge is 0.489 e. The van der Waals surface area contributed by atoms with Gasteiger partial charge in [-0.3, -0.25) is 0 Å². The van der Waals surface area contributed by atoms with Crippen LogP contribution in [-0.2, 0) is 6.61 Å². The molecule has 0 aliphatic carbocycles. The van der Waals surface area contributed by atoms with Gasteiger partial charge in [0.1, 0.15) is 12.4 Å². The molecule has 0 fully saturated rings. The minimum atomic E-state index is -5.04. The van der Waals surface area contributed by atoms with E-state index in [0.29, 0.717) is 11.1 Å². The monoisotopic (exact) mass is 315 g/mol. The molecular weight excluding hydrogens is 305 g/mol. The van der Waals surface area contributed by atoms with Crippen LogP contribution >= 0.6 is 0 Å². The summed E-state index contributed by atoms with van der Waals surface area (Å²) in [4.78, 5) is 0. The molecule has 0 N–H and O–H groups in total. The summed E-state index contributed by atoms with van der Waals surface area (Å²) in [6, 6.07) is 13.5. The van der Waals surface area contributed by atoms with Crippen molar-refractivity contribution in [2.45, 2.75) is 6.61 Å². The summed E-state index contributed by atoms with van der Waals surface area (Å²) in [7, 11) is 0. The van der Waals surface area contributed by atoms with E-state index in [0.717, 1.165) is 12.1 Å². The molecule has 0 bridgehead atoms. The maximum absolute atomic E-state index is 12.6. The molecular formula is C14H10BF3KNO. The second-order valence-electron chi connectivity index (χ2n) is 4.20. The van der Waals surface area contributed by atoms with Crippen LogP contribution < -0.4 is 61.6 Å². The Kier molecular flexibility index (Phi) is 6.97. The summed E-state index contributed by atoms with van der Waals surface area (Å²) in [5.74, 6) is 0.134. The van der Waals surface area contributed by atoms with Crippen LogP contribution in [0.4, 0.5) is 12.9 Å². The molecule has 0 heterocycles. The Bertz CT molecular complexity index is 655. The fraction of sp³-hybridized carbons (Fsp3) is 0.0714. The summed E-state index contributed by atoms with van der Waals surface area (Å²) >= 11 is 0. The van der Waals surface area contributed by atoms with Gasteiger partial charge in [0.15, 0.2) is 0 Å². The zero-order chi connectivity index (χ0) is 14.6. The SMILES string of the molecule is N#Cc1ccccc1COc1cccc([B-](F)(F)F)c1.[K+]. The van der Waals surface area contributed by atoms with Gasteiger partial charge in [0.05, 0.1) is 11.6 Å². The molecule has 0 amide bonds. The molecule has 0 aromatic heterocycles. The van der Waals surface area contributed by atoms with Crippen molar-refractivity contribution in [1.29, 1.82) is 5.26 Å². The standard InChI is InChI=1S/C14H10BF3NO.K/c16-15(17,18)13-6-3-7-14(8-13)20-10-12-5-2-1-4-11(12)9-19;/h1-8H,10H2;/q-1;+1. The first-order valence-electron chi connectivity index (χ1n) is 5.91. The molecule has 0 aliphatic heterocycles. The quantitative estimate of drug-likeness (QED) is 0.755. The molecule has 7 heteroatoms. The fourth-order valence-electron chi connectivity index (χ4n) is 1.72. The second-order valence-corrected chi connectivity index (χ2v) is 4.20. The van der Waals surface area contributed by atoms with Gasteiger partial charge in [0.25, 0.3) is 0 Å². The largest absolute Gasteiger partial charge is 1.00 e. The molecule has 0 aliphatic rings. The Morgan fingerprint density at radius 2 is 1.76 bits per heavy atom. The molecule has 2 aromatic rings. The van der Waals surface area contributed by atoms with Crippen molar-refractivity contribution in [1.82, 2.24) is 0 Å². The van der Waals surface area contributed by atoms with Crippen molar-refractivity contribution in [2.75, 3.05) is 0 Å². The molecule has 2 aromatic carbocycles. The van der Waals surface area contributed by atoms with E-state index in [1.54, 1.807) is 24.3 Å². The van der Waals surface area contributed by atoms with E-state index >= 15 is 0 Å². The van der Waals surface area contributed by atoms with Gasteiger partial charge < -0.3 is 17.7 Å². The molecule has 2 rings (SSSR count). The van der Waals surface area contributed by atoms with Crippen LogP contribution in [0.3, 0.4) is 0 Å². The molecule has 2 nitrogen and oxygen atoms in total. The molecule has 0 spiro atoms. The van der Waals surface area contributed by atoms with E-state index < -0.39 is 12.4 Å². The molecule has 102 valence electrons. The van der Waals surface area contributed by atoms with Crippen molar-refractivity contribution in [3.63, 3.8) is 0 Å². The zero-order valence-corrected chi connectivity index (χ0v) is 14.5. The Hall–Kier alpha value is -0.779. The average molecular weight is 315 g/mol. The maximum Gasteiger partial charge on any atom is 1.00 e. The van der Waals surface area contributed by atoms with Gasteiger partial charge in [0, 0.05) is 5.56 Å². The molecule has 0 atom stereocenters. The van der Waals surface area contributed by atoms with E-state index in [-0.39, 0.29) is 63.7 Å². The predicted molar refractivity (Wildman–Crippen MR) is 70.6 cm³/mol. The van der Waals surface area contributed by atoms with Crippen molar-refractivity contribution in [2.24, 2.45) is 0 Å². The number of rotatable bonds is 4. The van der Waals surface area contributed by atoms with Gasteiger partial charge in [0.2, 0.25) is 0 Å². The van der Waals surface area contributed by atoms with E-state index in [4.69, 9.17) is 10.00 Å². The van der Waals surface area contributed by atoms with Gasteiger partial charge in [-0.1, -0.05) is 30.3 Å². The Balaban J connectivity index is 0.00000220. The molecule has 21 heavy (non-hydrogen) atoms. The van der Waals surface area contributed by atoms with Crippen LogP contribution in [0.2, 0.25) is 0 Å². The molecule has 0 saturated carbocycles. The van der Waals surface area contributed by atoms with Crippen LogP contribution in [0, 0.1) is 11.3 Å². The van der Waals surface area contributed by atoms with E-state index in [1.165, 1.54) is 12.1 Å². The topological polar surface area (TPSA) is 33.0 Å². The summed E-state index contributed by atoms with van der Waals surface area (Å²) in [6.45, 7) is -4.99. The van der Waals surface area contributed by atoms with E-state index in [9.17, 15) is 12.9 Å². The van der Waals surface area contributed by atoms with Crippen molar-refractivity contribution in [3.05, 3.63) is 59.7 Å². The van der Waals surface area contributed by atoms with Crippen LogP contribution in [0.1, 0.15) is 11.1 Å². The number of ether oxygens (including phenoxy) is 1. The number of hydrogen-bond donors (Lipinski definition) is 0. The third-order valence-corrected chi connectivity index (χ3v) is 2.77. The van der Waals surface area contributed by atoms with E-state index in [1.807, 2.05) is 6.07 Å². The normalized spacial score (nSPS) is 10.4. The molecule has 0 radical (unpaired) electrons. The molecule has 0 unspecified atom stereocenters. The zero-order valence-electron chi connectivity index (χ0n) is 11.4. The average Bonchev–Trinajstić information content (AvgIpc) is 2.45.